The lowest BCUT2D eigenvalue weighted by atomic mass is 9.90. The van der Waals surface area contributed by atoms with Crippen LogP contribution in [0.15, 0.2) is 18.6 Å². The zero-order chi connectivity index (χ0) is 19.6. The number of Topliss-reactive ketones (excluding diaryl/α,β-unsaturated/α-hetero) is 1. The fourth-order valence-electron chi connectivity index (χ4n) is 3.70. The van der Waals surface area contributed by atoms with Crippen LogP contribution in [0.25, 0.3) is 11.0 Å². The number of hydrogen-bond acceptors (Lipinski definition) is 6. The first-order valence-electron chi connectivity index (χ1n) is 9.20. The minimum Gasteiger partial charge on any atom is -0.354 e. The Morgan fingerprint density at radius 2 is 2.26 bits per heavy atom. The van der Waals surface area contributed by atoms with Crippen molar-refractivity contribution in [3.05, 3.63) is 18.6 Å². The Balaban J connectivity index is 1.83. The second-order valence-electron chi connectivity index (χ2n) is 7.05. The Bertz CT molecular complexity index is 886. The average molecular weight is 368 g/mol. The van der Waals surface area contributed by atoms with Gasteiger partial charge in [0.25, 0.3) is 0 Å². The van der Waals surface area contributed by atoms with E-state index in [1.165, 1.54) is 6.33 Å². The van der Waals surface area contributed by atoms with Crippen molar-refractivity contribution in [2.75, 3.05) is 25.0 Å². The maximum Gasteiger partial charge on any atom is 0.247 e. The molecule has 27 heavy (non-hydrogen) atoms. The molecule has 0 aromatic carbocycles. The molecule has 0 bridgehead atoms. The lowest BCUT2D eigenvalue weighted by Gasteiger charge is -2.42. The average Bonchev–Trinajstić information content (AvgIpc) is 3.16. The number of fused-ring (bicyclic) bond motifs is 1. The normalized spacial score (nSPS) is 20.9. The SMILES string of the molecule is CCC(=O)C(C#N)C(=O)N1CC[C@@H](C)[C@@H](N(C)c2ncnc3[nH]ccc23)C1. The third-order valence-corrected chi connectivity index (χ3v) is 5.44. The molecule has 1 saturated heterocycles. The fraction of sp³-hybridized carbons (Fsp3) is 0.526. The van der Waals surface area contributed by atoms with E-state index in [1.54, 1.807) is 11.8 Å². The number of nitriles is 1. The van der Waals surface area contributed by atoms with Gasteiger partial charge in [-0.05, 0) is 18.4 Å². The third-order valence-electron chi connectivity index (χ3n) is 5.44. The summed E-state index contributed by atoms with van der Waals surface area (Å²) in [5, 5.41) is 10.2. The maximum atomic E-state index is 12.7. The molecule has 1 fully saturated rings. The quantitative estimate of drug-likeness (QED) is 0.806. The van der Waals surface area contributed by atoms with Gasteiger partial charge in [0.15, 0.2) is 11.7 Å². The molecule has 3 rings (SSSR count). The number of aromatic nitrogens is 3. The molecule has 8 heteroatoms. The summed E-state index contributed by atoms with van der Waals surface area (Å²) in [7, 11) is 1.96. The van der Waals surface area contributed by atoms with Crippen LogP contribution in [0.2, 0.25) is 0 Å². The van der Waals surface area contributed by atoms with E-state index in [4.69, 9.17) is 0 Å². The van der Waals surface area contributed by atoms with Gasteiger partial charge >= 0.3 is 0 Å². The molecule has 0 aliphatic carbocycles. The molecule has 0 spiro atoms. The fourth-order valence-corrected chi connectivity index (χ4v) is 3.70. The van der Waals surface area contributed by atoms with E-state index in [9.17, 15) is 14.9 Å². The monoisotopic (exact) mass is 368 g/mol. The number of hydrogen-bond donors (Lipinski definition) is 1. The molecule has 3 atom stereocenters. The van der Waals surface area contributed by atoms with Gasteiger partial charge in [-0.3, -0.25) is 9.59 Å². The number of likely N-dealkylation sites (tertiary alicyclic amines) is 1. The molecule has 2 aromatic rings. The van der Waals surface area contributed by atoms with E-state index in [2.05, 4.69) is 26.8 Å². The first kappa shape index (κ1) is 18.8. The van der Waals surface area contributed by atoms with Gasteiger partial charge in [0.05, 0.1) is 17.5 Å². The highest BCUT2D eigenvalue weighted by atomic mass is 16.2. The number of aromatic amines is 1. The topological polar surface area (TPSA) is 106 Å². The number of carbonyl (C=O) groups excluding carboxylic acids is 2. The number of anilines is 1. The number of nitrogens with one attached hydrogen (secondary N) is 1. The van der Waals surface area contributed by atoms with Gasteiger partial charge in [0.1, 0.15) is 17.8 Å². The van der Waals surface area contributed by atoms with Crippen molar-refractivity contribution >= 4 is 28.5 Å². The van der Waals surface area contributed by atoms with Crippen LogP contribution in [-0.4, -0.2) is 57.7 Å². The largest absolute Gasteiger partial charge is 0.354 e. The van der Waals surface area contributed by atoms with Gasteiger partial charge in [0, 0.05) is 32.8 Å². The van der Waals surface area contributed by atoms with Crippen LogP contribution in [0.3, 0.4) is 0 Å². The molecule has 0 saturated carbocycles. The van der Waals surface area contributed by atoms with Crippen LogP contribution >= 0.6 is 0 Å². The summed E-state index contributed by atoms with van der Waals surface area (Å²) in [4.78, 5) is 40.2. The van der Waals surface area contributed by atoms with Crippen molar-refractivity contribution in [1.82, 2.24) is 19.9 Å². The van der Waals surface area contributed by atoms with E-state index < -0.39 is 5.92 Å². The van der Waals surface area contributed by atoms with Gasteiger partial charge in [0.2, 0.25) is 5.91 Å². The van der Waals surface area contributed by atoms with Crippen molar-refractivity contribution in [2.24, 2.45) is 11.8 Å². The Morgan fingerprint density at radius 3 is 2.96 bits per heavy atom. The Labute approximate surface area is 158 Å². The van der Waals surface area contributed by atoms with Gasteiger partial charge in [-0.15, -0.1) is 0 Å². The molecular formula is C19H24N6O2. The highest BCUT2D eigenvalue weighted by Gasteiger charge is 2.36. The molecule has 1 unspecified atom stereocenters. The van der Waals surface area contributed by atoms with Gasteiger partial charge < -0.3 is 14.8 Å². The second kappa shape index (κ2) is 7.74. The molecule has 8 nitrogen and oxygen atoms in total. The molecule has 1 aliphatic rings. The number of nitrogens with zero attached hydrogens (tertiary/aromatic N) is 5. The highest BCUT2D eigenvalue weighted by molar-refractivity contribution is 6.03. The maximum absolute atomic E-state index is 12.7. The van der Waals surface area contributed by atoms with Crippen molar-refractivity contribution in [1.29, 1.82) is 5.26 Å². The van der Waals surface area contributed by atoms with Crippen LogP contribution < -0.4 is 4.90 Å². The first-order valence-corrected chi connectivity index (χ1v) is 9.20. The summed E-state index contributed by atoms with van der Waals surface area (Å²) < 4.78 is 0. The molecule has 142 valence electrons. The van der Waals surface area contributed by atoms with Crippen molar-refractivity contribution in [3.8, 4) is 6.07 Å². The van der Waals surface area contributed by atoms with Crippen molar-refractivity contribution in [2.45, 2.75) is 32.7 Å². The Hall–Kier alpha value is -2.95. The summed E-state index contributed by atoms with van der Waals surface area (Å²) in [6.07, 6.45) is 4.34. The highest BCUT2D eigenvalue weighted by Crippen LogP contribution is 2.29. The summed E-state index contributed by atoms with van der Waals surface area (Å²) >= 11 is 0. The van der Waals surface area contributed by atoms with E-state index >= 15 is 0 Å². The van der Waals surface area contributed by atoms with Crippen molar-refractivity contribution < 1.29 is 9.59 Å². The number of rotatable bonds is 5. The molecule has 0 radical (unpaired) electrons. The van der Waals surface area contributed by atoms with Gasteiger partial charge in [-0.25, -0.2) is 9.97 Å². The van der Waals surface area contributed by atoms with E-state index in [0.29, 0.717) is 19.0 Å². The second-order valence-corrected chi connectivity index (χ2v) is 7.05. The van der Waals surface area contributed by atoms with Crippen molar-refractivity contribution in [3.63, 3.8) is 0 Å². The van der Waals surface area contributed by atoms with Crippen LogP contribution in [0.1, 0.15) is 26.7 Å². The molecule has 1 N–H and O–H groups in total. The zero-order valence-corrected chi connectivity index (χ0v) is 15.8. The standard InChI is InChI=1S/C19H24N6O2/c1-4-16(26)14(9-20)19(27)25-8-6-12(2)15(10-25)24(3)18-13-5-7-21-17(13)22-11-23-18/h5,7,11-12,14-15H,4,6,8,10H2,1-3H3,(H,21,22,23)/t12-,14?,15+/m1/s1. The summed E-state index contributed by atoms with van der Waals surface area (Å²) in [5.41, 5.74) is 0.765. The number of carbonyl (C=O) groups is 2. The minimum absolute atomic E-state index is 0.0340. The summed E-state index contributed by atoms with van der Waals surface area (Å²) in [5.74, 6) is -0.774. The molecule has 2 aromatic heterocycles. The molecular weight excluding hydrogens is 344 g/mol. The predicted molar refractivity (Wildman–Crippen MR) is 101 cm³/mol. The van der Waals surface area contributed by atoms with E-state index in [1.807, 2.05) is 25.4 Å². The lowest BCUT2D eigenvalue weighted by Crippen LogP contribution is -2.54. The summed E-state index contributed by atoms with van der Waals surface area (Å²) in [6, 6.07) is 3.85. The Kier molecular flexibility index (Phi) is 5.40. The van der Waals surface area contributed by atoms with Crippen LogP contribution in [0.4, 0.5) is 5.82 Å². The van der Waals surface area contributed by atoms with Crippen LogP contribution in [0.5, 0.6) is 0 Å². The number of H-pyrrole nitrogens is 1. The molecule has 1 aliphatic heterocycles. The molecule has 1 amide bonds. The molecule has 3 heterocycles. The van der Waals surface area contributed by atoms with Crippen LogP contribution in [-0.2, 0) is 9.59 Å². The number of ketones is 1. The zero-order valence-electron chi connectivity index (χ0n) is 15.8. The Morgan fingerprint density at radius 1 is 1.48 bits per heavy atom. The van der Waals surface area contributed by atoms with E-state index in [-0.39, 0.29) is 24.2 Å². The summed E-state index contributed by atoms with van der Waals surface area (Å²) in [6.45, 7) is 4.84. The number of amides is 1. The smallest absolute Gasteiger partial charge is 0.247 e. The van der Waals surface area contributed by atoms with Crippen LogP contribution in [0, 0.1) is 23.2 Å². The third kappa shape index (κ3) is 3.50. The lowest BCUT2D eigenvalue weighted by molar-refractivity contribution is -0.140. The minimum atomic E-state index is -1.20. The number of piperidine rings is 1. The van der Waals surface area contributed by atoms with Gasteiger partial charge in [-0.1, -0.05) is 13.8 Å². The first-order chi connectivity index (χ1) is 13.0. The van der Waals surface area contributed by atoms with Gasteiger partial charge in [-0.2, -0.15) is 5.26 Å². The number of likely N-dealkylation sites (N-methyl/N-ethyl adjacent to an activating group) is 1. The predicted octanol–water partition coefficient (Wildman–Crippen LogP) is 1.75. The van der Waals surface area contributed by atoms with E-state index in [0.717, 1.165) is 23.3 Å².